The lowest BCUT2D eigenvalue weighted by atomic mass is 10.1. The number of carbonyl (C=O) groups excluding carboxylic acids is 1. The molecule has 0 heterocycles. The maximum atomic E-state index is 11.5. The number of carbonyl (C=O) groups is 1. The average Bonchev–Trinajstić information content (AvgIpc) is 2.38. The van der Waals surface area contributed by atoms with Crippen molar-refractivity contribution in [3.63, 3.8) is 0 Å². The number of aliphatic hydroxyl groups excluding tert-OH is 1. The van der Waals surface area contributed by atoms with Gasteiger partial charge in [0, 0.05) is 25.3 Å². The number of hydrogen-bond acceptors (Lipinski definition) is 3. The minimum atomic E-state index is -0.239. The second-order valence-electron chi connectivity index (χ2n) is 4.23. The summed E-state index contributed by atoms with van der Waals surface area (Å²) in [7, 11) is 0. The molecule has 3 N–H and O–H groups in total. The number of aryl methyl sites for hydroxylation is 1. The van der Waals surface area contributed by atoms with E-state index in [1.165, 1.54) is 0 Å². The molecule has 0 radical (unpaired) electrons. The maximum absolute atomic E-state index is 11.5. The molecular formula is C14H22N2O3. The topological polar surface area (TPSA) is 70.6 Å². The molecule has 5 heteroatoms. The van der Waals surface area contributed by atoms with Crippen molar-refractivity contribution in [1.82, 2.24) is 10.6 Å². The van der Waals surface area contributed by atoms with E-state index in [0.717, 1.165) is 16.9 Å². The fourth-order valence-electron chi connectivity index (χ4n) is 1.62. The van der Waals surface area contributed by atoms with Crippen molar-refractivity contribution in [1.29, 1.82) is 0 Å². The lowest BCUT2D eigenvalue weighted by Gasteiger charge is -2.12. The SMILES string of the molecule is CCOc1cc(C)ccc1CNC(=O)NCCCO. The van der Waals surface area contributed by atoms with Gasteiger partial charge in [0.2, 0.25) is 0 Å². The first kappa shape index (κ1) is 15.3. The van der Waals surface area contributed by atoms with Crippen LogP contribution in [0.5, 0.6) is 5.75 Å². The van der Waals surface area contributed by atoms with Crippen molar-refractivity contribution in [2.75, 3.05) is 19.8 Å². The number of benzene rings is 1. The number of rotatable bonds is 7. The summed E-state index contributed by atoms with van der Waals surface area (Å²) in [4.78, 5) is 11.5. The minimum Gasteiger partial charge on any atom is -0.494 e. The summed E-state index contributed by atoms with van der Waals surface area (Å²) in [6.07, 6.45) is 0.558. The average molecular weight is 266 g/mol. The molecule has 0 aliphatic heterocycles. The van der Waals surface area contributed by atoms with Gasteiger partial charge in [-0.2, -0.15) is 0 Å². The van der Waals surface area contributed by atoms with Gasteiger partial charge in [-0.3, -0.25) is 0 Å². The Balaban J connectivity index is 2.50. The molecule has 0 unspecified atom stereocenters. The molecule has 0 spiro atoms. The van der Waals surface area contributed by atoms with Crippen LogP contribution in [0.2, 0.25) is 0 Å². The van der Waals surface area contributed by atoms with Crippen LogP contribution < -0.4 is 15.4 Å². The van der Waals surface area contributed by atoms with Gasteiger partial charge in [-0.25, -0.2) is 4.79 Å². The number of ether oxygens (including phenoxy) is 1. The third-order valence-corrected chi connectivity index (χ3v) is 2.58. The Morgan fingerprint density at radius 3 is 2.84 bits per heavy atom. The fraction of sp³-hybridized carbons (Fsp3) is 0.500. The van der Waals surface area contributed by atoms with Gasteiger partial charge >= 0.3 is 6.03 Å². The Kier molecular flexibility index (Phi) is 6.74. The predicted molar refractivity (Wildman–Crippen MR) is 74.3 cm³/mol. The molecule has 2 amide bonds. The van der Waals surface area contributed by atoms with Gasteiger partial charge in [0.25, 0.3) is 0 Å². The zero-order chi connectivity index (χ0) is 14.1. The highest BCUT2D eigenvalue weighted by molar-refractivity contribution is 5.73. The second kappa shape index (κ2) is 8.37. The molecule has 0 bridgehead atoms. The largest absolute Gasteiger partial charge is 0.494 e. The Morgan fingerprint density at radius 2 is 2.16 bits per heavy atom. The Bertz CT molecular complexity index is 408. The standard InChI is InChI=1S/C14H22N2O3/c1-3-19-13-9-11(2)5-6-12(13)10-16-14(18)15-7-4-8-17/h5-6,9,17H,3-4,7-8,10H2,1-2H3,(H2,15,16,18). The van der Waals surface area contributed by atoms with Crippen molar-refractivity contribution < 1.29 is 14.6 Å². The van der Waals surface area contributed by atoms with Gasteiger partial charge in [0.15, 0.2) is 0 Å². The third-order valence-electron chi connectivity index (χ3n) is 2.58. The lowest BCUT2D eigenvalue weighted by molar-refractivity contribution is 0.237. The molecule has 0 fully saturated rings. The smallest absolute Gasteiger partial charge is 0.315 e. The highest BCUT2D eigenvalue weighted by atomic mass is 16.5. The first-order valence-electron chi connectivity index (χ1n) is 6.52. The molecule has 5 nitrogen and oxygen atoms in total. The number of aliphatic hydroxyl groups is 1. The summed E-state index contributed by atoms with van der Waals surface area (Å²) in [5.74, 6) is 0.804. The lowest BCUT2D eigenvalue weighted by Crippen LogP contribution is -2.35. The van der Waals surface area contributed by atoms with E-state index in [0.29, 0.717) is 26.1 Å². The number of urea groups is 1. The van der Waals surface area contributed by atoms with Crippen LogP contribution in [0.25, 0.3) is 0 Å². The first-order valence-corrected chi connectivity index (χ1v) is 6.52. The molecule has 0 aliphatic carbocycles. The van der Waals surface area contributed by atoms with Crippen LogP contribution in [-0.4, -0.2) is 30.9 Å². The van der Waals surface area contributed by atoms with Crippen LogP contribution in [0.1, 0.15) is 24.5 Å². The molecule has 106 valence electrons. The van der Waals surface area contributed by atoms with E-state index >= 15 is 0 Å². The molecule has 0 saturated heterocycles. The molecular weight excluding hydrogens is 244 g/mol. The summed E-state index contributed by atoms with van der Waals surface area (Å²) >= 11 is 0. The summed E-state index contributed by atoms with van der Waals surface area (Å²) in [6, 6.07) is 5.67. The van der Waals surface area contributed by atoms with Gasteiger partial charge in [-0.05, 0) is 31.9 Å². The van der Waals surface area contributed by atoms with Crippen molar-refractivity contribution in [2.45, 2.75) is 26.8 Å². The Labute approximate surface area is 114 Å². The van der Waals surface area contributed by atoms with E-state index in [1.54, 1.807) is 0 Å². The predicted octanol–water partition coefficient (Wildman–Crippen LogP) is 1.58. The van der Waals surface area contributed by atoms with Gasteiger partial charge in [-0.15, -0.1) is 0 Å². The summed E-state index contributed by atoms with van der Waals surface area (Å²) < 4.78 is 5.54. The van der Waals surface area contributed by atoms with Crippen molar-refractivity contribution in [3.8, 4) is 5.75 Å². The number of nitrogens with one attached hydrogen (secondary N) is 2. The molecule has 19 heavy (non-hydrogen) atoms. The summed E-state index contributed by atoms with van der Waals surface area (Å²) in [5, 5.41) is 14.1. The summed E-state index contributed by atoms with van der Waals surface area (Å²) in [6.45, 7) is 5.49. The van der Waals surface area contributed by atoms with E-state index in [1.807, 2.05) is 32.0 Å². The van der Waals surface area contributed by atoms with Gasteiger partial charge < -0.3 is 20.5 Å². The zero-order valence-electron chi connectivity index (χ0n) is 11.5. The highest BCUT2D eigenvalue weighted by Crippen LogP contribution is 2.20. The van der Waals surface area contributed by atoms with E-state index in [2.05, 4.69) is 10.6 Å². The van der Waals surface area contributed by atoms with Crippen LogP contribution in [0.4, 0.5) is 4.79 Å². The number of hydrogen-bond donors (Lipinski definition) is 3. The second-order valence-corrected chi connectivity index (χ2v) is 4.23. The van der Waals surface area contributed by atoms with Crippen molar-refractivity contribution >= 4 is 6.03 Å². The van der Waals surface area contributed by atoms with Gasteiger partial charge in [-0.1, -0.05) is 12.1 Å². The molecule has 0 aliphatic rings. The van der Waals surface area contributed by atoms with Crippen molar-refractivity contribution in [2.24, 2.45) is 0 Å². The summed E-state index contributed by atoms with van der Waals surface area (Å²) in [5.41, 5.74) is 2.07. The first-order chi connectivity index (χ1) is 9.17. The molecule has 0 aromatic heterocycles. The Hall–Kier alpha value is -1.75. The van der Waals surface area contributed by atoms with E-state index in [9.17, 15) is 4.79 Å². The zero-order valence-corrected chi connectivity index (χ0v) is 11.5. The van der Waals surface area contributed by atoms with E-state index in [-0.39, 0.29) is 12.6 Å². The fourth-order valence-corrected chi connectivity index (χ4v) is 1.62. The van der Waals surface area contributed by atoms with Gasteiger partial charge in [0.05, 0.1) is 6.61 Å². The van der Waals surface area contributed by atoms with Crippen LogP contribution in [0, 0.1) is 6.92 Å². The number of amides is 2. The van der Waals surface area contributed by atoms with Crippen LogP contribution >= 0.6 is 0 Å². The monoisotopic (exact) mass is 266 g/mol. The third kappa shape index (κ3) is 5.61. The normalized spacial score (nSPS) is 10.1. The van der Waals surface area contributed by atoms with Crippen LogP contribution in [-0.2, 0) is 6.54 Å². The highest BCUT2D eigenvalue weighted by Gasteiger charge is 2.05. The van der Waals surface area contributed by atoms with Gasteiger partial charge in [0.1, 0.15) is 5.75 Å². The minimum absolute atomic E-state index is 0.0761. The van der Waals surface area contributed by atoms with E-state index < -0.39 is 0 Å². The molecule has 1 aromatic rings. The molecule has 0 saturated carbocycles. The van der Waals surface area contributed by atoms with E-state index in [4.69, 9.17) is 9.84 Å². The maximum Gasteiger partial charge on any atom is 0.315 e. The molecule has 0 atom stereocenters. The van der Waals surface area contributed by atoms with Crippen LogP contribution in [0.15, 0.2) is 18.2 Å². The Morgan fingerprint density at radius 1 is 1.37 bits per heavy atom. The van der Waals surface area contributed by atoms with Crippen molar-refractivity contribution in [3.05, 3.63) is 29.3 Å². The molecule has 1 aromatic carbocycles. The van der Waals surface area contributed by atoms with Crippen LogP contribution in [0.3, 0.4) is 0 Å². The quantitative estimate of drug-likeness (QED) is 0.656. The molecule has 1 rings (SSSR count).